The molecule has 1 fully saturated rings. The molecule has 1 aromatic rings. The number of carboxylic acids is 1. The number of nitrogens with one attached hydrogen (secondary N) is 1. The van der Waals surface area contributed by atoms with Crippen molar-refractivity contribution in [2.24, 2.45) is 0 Å². The third-order valence-electron chi connectivity index (χ3n) is 2.34. The minimum absolute atomic E-state index is 0.0965. The van der Waals surface area contributed by atoms with E-state index in [-0.39, 0.29) is 17.9 Å². The van der Waals surface area contributed by atoms with E-state index in [2.05, 4.69) is 5.32 Å². The number of rotatable bonds is 4. The first kappa shape index (κ1) is 12.9. The molecular formula is C11H10INO5. The molecule has 1 atom stereocenters. The molecule has 96 valence electrons. The summed E-state index contributed by atoms with van der Waals surface area (Å²) in [5, 5.41) is 11.5. The van der Waals surface area contributed by atoms with Crippen LogP contribution in [-0.4, -0.2) is 36.4 Å². The molecule has 0 bridgehead atoms. The standard InChI is InChI=1S/C11H10INO5/c12-6-1-2-9(8(3-6)10(14)15)17-5-7-4-13-11(16)18-7/h1-3,7H,4-5H2,(H,13,16)(H,14,15). The van der Waals surface area contributed by atoms with Crippen LogP contribution in [0.5, 0.6) is 5.75 Å². The van der Waals surface area contributed by atoms with Crippen molar-refractivity contribution in [3.8, 4) is 5.75 Å². The summed E-state index contributed by atoms with van der Waals surface area (Å²) < 4.78 is 11.1. The number of hydrogen-bond acceptors (Lipinski definition) is 4. The van der Waals surface area contributed by atoms with Gasteiger partial charge in [0.2, 0.25) is 0 Å². The van der Waals surface area contributed by atoms with Gasteiger partial charge in [-0.25, -0.2) is 9.59 Å². The third-order valence-corrected chi connectivity index (χ3v) is 3.02. The van der Waals surface area contributed by atoms with Crippen LogP contribution in [0.15, 0.2) is 18.2 Å². The van der Waals surface area contributed by atoms with Gasteiger partial charge >= 0.3 is 12.1 Å². The molecule has 1 aromatic carbocycles. The highest BCUT2D eigenvalue weighted by atomic mass is 127. The number of aromatic carboxylic acids is 1. The van der Waals surface area contributed by atoms with Gasteiger partial charge in [0.25, 0.3) is 0 Å². The lowest BCUT2D eigenvalue weighted by Crippen LogP contribution is -2.22. The summed E-state index contributed by atoms with van der Waals surface area (Å²) in [5.74, 6) is -0.782. The average Bonchev–Trinajstić information content (AvgIpc) is 2.73. The Labute approximate surface area is 116 Å². The van der Waals surface area contributed by atoms with Crippen molar-refractivity contribution in [1.29, 1.82) is 0 Å². The Morgan fingerprint density at radius 1 is 1.61 bits per heavy atom. The van der Waals surface area contributed by atoms with E-state index in [1.165, 1.54) is 6.07 Å². The number of carbonyl (C=O) groups excluding carboxylic acids is 1. The lowest BCUT2D eigenvalue weighted by molar-refractivity contribution is 0.0684. The van der Waals surface area contributed by atoms with E-state index in [1.807, 2.05) is 22.6 Å². The van der Waals surface area contributed by atoms with Crippen LogP contribution in [0.3, 0.4) is 0 Å². The second-order valence-electron chi connectivity index (χ2n) is 3.66. The lowest BCUT2D eigenvalue weighted by atomic mass is 10.2. The maximum absolute atomic E-state index is 11.0. The second kappa shape index (κ2) is 5.42. The van der Waals surface area contributed by atoms with Crippen molar-refractivity contribution in [2.75, 3.05) is 13.2 Å². The summed E-state index contributed by atoms with van der Waals surface area (Å²) >= 11 is 2.03. The third kappa shape index (κ3) is 3.03. The van der Waals surface area contributed by atoms with Crippen molar-refractivity contribution in [2.45, 2.75) is 6.10 Å². The molecule has 0 aromatic heterocycles. The summed E-state index contributed by atoms with van der Waals surface area (Å²) in [4.78, 5) is 21.8. The molecule has 7 heteroatoms. The number of halogens is 1. The molecule has 1 aliphatic heterocycles. The van der Waals surface area contributed by atoms with Gasteiger partial charge in [-0.15, -0.1) is 0 Å². The number of ether oxygens (including phenoxy) is 2. The number of hydrogen-bond donors (Lipinski definition) is 2. The van der Waals surface area contributed by atoms with Gasteiger partial charge in [0.1, 0.15) is 17.9 Å². The van der Waals surface area contributed by atoms with Gasteiger partial charge < -0.3 is 19.9 Å². The van der Waals surface area contributed by atoms with Crippen LogP contribution in [0.2, 0.25) is 0 Å². The second-order valence-corrected chi connectivity index (χ2v) is 4.91. The van der Waals surface area contributed by atoms with Crippen molar-refractivity contribution in [1.82, 2.24) is 5.32 Å². The molecule has 6 nitrogen and oxygen atoms in total. The van der Waals surface area contributed by atoms with Crippen LogP contribution in [0.25, 0.3) is 0 Å². The lowest BCUT2D eigenvalue weighted by Gasteiger charge is -2.12. The van der Waals surface area contributed by atoms with Gasteiger partial charge in [-0.05, 0) is 40.8 Å². The van der Waals surface area contributed by atoms with E-state index in [1.54, 1.807) is 12.1 Å². The molecule has 1 unspecified atom stereocenters. The molecule has 0 saturated carbocycles. The van der Waals surface area contributed by atoms with E-state index in [4.69, 9.17) is 14.6 Å². The Balaban J connectivity index is 2.04. The Bertz CT molecular complexity index is 490. The fourth-order valence-corrected chi connectivity index (χ4v) is 1.99. The Hall–Kier alpha value is -1.51. The smallest absolute Gasteiger partial charge is 0.407 e. The number of carboxylic acid groups (broad SMARTS) is 1. The Kier molecular flexibility index (Phi) is 3.90. The SMILES string of the molecule is O=C1NCC(COc2ccc(I)cc2C(=O)O)O1. The van der Waals surface area contributed by atoms with Crippen molar-refractivity contribution in [3.63, 3.8) is 0 Å². The zero-order chi connectivity index (χ0) is 13.1. The van der Waals surface area contributed by atoms with Crippen LogP contribution in [-0.2, 0) is 4.74 Å². The zero-order valence-corrected chi connectivity index (χ0v) is 11.3. The summed E-state index contributed by atoms with van der Waals surface area (Å²) in [7, 11) is 0. The Morgan fingerprint density at radius 2 is 2.39 bits per heavy atom. The van der Waals surface area contributed by atoms with Gasteiger partial charge in [0.15, 0.2) is 6.10 Å². The number of cyclic esters (lactones) is 1. The molecule has 1 heterocycles. The quantitative estimate of drug-likeness (QED) is 0.792. The zero-order valence-electron chi connectivity index (χ0n) is 9.18. The highest BCUT2D eigenvalue weighted by Gasteiger charge is 2.23. The summed E-state index contributed by atoms with van der Waals surface area (Å²) in [5.41, 5.74) is 0.0965. The Morgan fingerprint density at radius 3 is 3.00 bits per heavy atom. The van der Waals surface area contributed by atoms with Crippen LogP contribution in [0.1, 0.15) is 10.4 Å². The number of alkyl carbamates (subject to hydrolysis) is 1. The van der Waals surface area contributed by atoms with E-state index in [0.29, 0.717) is 6.54 Å². The first-order valence-corrected chi connectivity index (χ1v) is 6.24. The first-order chi connectivity index (χ1) is 8.56. The molecule has 2 N–H and O–H groups in total. The van der Waals surface area contributed by atoms with Crippen LogP contribution in [0, 0.1) is 3.57 Å². The maximum Gasteiger partial charge on any atom is 0.407 e. The van der Waals surface area contributed by atoms with Crippen molar-refractivity contribution in [3.05, 3.63) is 27.3 Å². The normalized spacial score (nSPS) is 18.1. The molecule has 1 aliphatic rings. The van der Waals surface area contributed by atoms with Crippen molar-refractivity contribution < 1.29 is 24.2 Å². The molecule has 2 rings (SSSR count). The average molecular weight is 363 g/mol. The van der Waals surface area contributed by atoms with Gasteiger partial charge in [-0.2, -0.15) is 0 Å². The fraction of sp³-hybridized carbons (Fsp3) is 0.273. The predicted molar refractivity (Wildman–Crippen MR) is 69.9 cm³/mol. The molecular weight excluding hydrogens is 353 g/mol. The predicted octanol–water partition coefficient (Wildman–Crippen LogP) is 1.48. The summed E-state index contributed by atoms with van der Waals surface area (Å²) in [6.07, 6.45) is -0.872. The van der Waals surface area contributed by atoms with Crippen LogP contribution < -0.4 is 10.1 Å². The minimum atomic E-state index is -1.05. The molecule has 1 saturated heterocycles. The highest BCUT2D eigenvalue weighted by Crippen LogP contribution is 2.21. The first-order valence-electron chi connectivity index (χ1n) is 5.16. The highest BCUT2D eigenvalue weighted by molar-refractivity contribution is 14.1. The molecule has 18 heavy (non-hydrogen) atoms. The van der Waals surface area contributed by atoms with Gasteiger partial charge in [0, 0.05) is 3.57 Å². The van der Waals surface area contributed by atoms with E-state index in [0.717, 1.165) is 3.57 Å². The van der Waals surface area contributed by atoms with E-state index >= 15 is 0 Å². The molecule has 0 aliphatic carbocycles. The number of benzene rings is 1. The van der Waals surface area contributed by atoms with Crippen LogP contribution >= 0.6 is 22.6 Å². The van der Waals surface area contributed by atoms with Crippen LogP contribution in [0.4, 0.5) is 4.79 Å². The van der Waals surface area contributed by atoms with Gasteiger partial charge in [-0.1, -0.05) is 0 Å². The summed E-state index contributed by atoms with van der Waals surface area (Å²) in [6, 6.07) is 4.87. The van der Waals surface area contributed by atoms with Gasteiger partial charge in [0.05, 0.1) is 6.54 Å². The maximum atomic E-state index is 11.0. The van der Waals surface area contributed by atoms with E-state index in [9.17, 15) is 9.59 Å². The van der Waals surface area contributed by atoms with E-state index < -0.39 is 18.2 Å². The van der Waals surface area contributed by atoms with Crippen molar-refractivity contribution >= 4 is 34.7 Å². The topological polar surface area (TPSA) is 84.9 Å². The van der Waals surface area contributed by atoms with Gasteiger partial charge in [-0.3, -0.25) is 0 Å². The fourth-order valence-electron chi connectivity index (χ4n) is 1.50. The largest absolute Gasteiger partial charge is 0.489 e. The minimum Gasteiger partial charge on any atom is -0.489 e. The summed E-state index contributed by atoms with van der Waals surface area (Å²) in [6.45, 7) is 0.491. The molecule has 1 amide bonds. The molecule has 0 spiro atoms. The molecule has 0 radical (unpaired) electrons. The monoisotopic (exact) mass is 363 g/mol. The number of carbonyl (C=O) groups is 2. The number of amides is 1.